The van der Waals surface area contributed by atoms with Gasteiger partial charge in [-0.15, -0.1) is 0 Å². The molecule has 5 nitrogen and oxygen atoms in total. The summed E-state index contributed by atoms with van der Waals surface area (Å²) in [5.41, 5.74) is 1.93. The molecule has 0 aliphatic rings. The third kappa shape index (κ3) is 2.31. The van der Waals surface area contributed by atoms with E-state index < -0.39 is 0 Å². The predicted molar refractivity (Wildman–Crippen MR) is 85.3 cm³/mol. The zero-order valence-electron chi connectivity index (χ0n) is 12.0. The van der Waals surface area contributed by atoms with Crippen molar-refractivity contribution in [3.8, 4) is 11.4 Å². The van der Waals surface area contributed by atoms with Crippen molar-refractivity contribution in [2.45, 2.75) is 13.8 Å². The highest BCUT2D eigenvalue weighted by Gasteiger charge is 2.12. The molecule has 0 aliphatic heterocycles. The summed E-state index contributed by atoms with van der Waals surface area (Å²) < 4.78 is 13.4. The molecular formula is C15H13ClFN5. The summed E-state index contributed by atoms with van der Waals surface area (Å²) in [4.78, 5) is 18.5. The van der Waals surface area contributed by atoms with Crippen molar-refractivity contribution in [2.75, 3.05) is 0 Å². The van der Waals surface area contributed by atoms with E-state index in [0.29, 0.717) is 27.5 Å². The van der Waals surface area contributed by atoms with E-state index in [9.17, 15) is 4.39 Å². The molecule has 7 heteroatoms. The van der Waals surface area contributed by atoms with Crippen LogP contribution in [0.15, 0.2) is 30.9 Å². The van der Waals surface area contributed by atoms with E-state index in [0.717, 1.165) is 10.9 Å². The average Bonchev–Trinajstić information content (AvgIpc) is 3.12. The Bertz CT molecular complexity index is 944. The standard InChI is InChI=1S/C13H7ClFN5.C2H6/c14-6-1-7-8(3-17-11(7)16-2-6)12-18-4-9-10(15)5-19-13(9)20-12;1-2/h1-5H,(H,16,17)(H,18,19,20);1-2H3. The molecular weight excluding hydrogens is 305 g/mol. The van der Waals surface area contributed by atoms with Gasteiger partial charge in [0.05, 0.1) is 10.4 Å². The molecule has 4 heterocycles. The maximum absolute atomic E-state index is 13.4. The number of hydrogen-bond donors (Lipinski definition) is 2. The molecule has 0 amide bonds. The van der Waals surface area contributed by atoms with Crippen LogP contribution in [-0.2, 0) is 0 Å². The minimum Gasteiger partial charge on any atom is -0.345 e. The maximum Gasteiger partial charge on any atom is 0.163 e. The van der Waals surface area contributed by atoms with Crippen molar-refractivity contribution in [2.24, 2.45) is 0 Å². The SMILES string of the molecule is CC.Fc1c[nH]c2nc(-c3c[nH]c4ncc(Cl)cc34)ncc12. The molecule has 2 N–H and O–H groups in total. The number of hydrogen-bond acceptors (Lipinski definition) is 3. The fourth-order valence-corrected chi connectivity index (χ4v) is 2.33. The Labute approximate surface area is 130 Å². The average molecular weight is 318 g/mol. The van der Waals surface area contributed by atoms with Gasteiger partial charge < -0.3 is 9.97 Å². The summed E-state index contributed by atoms with van der Waals surface area (Å²) in [7, 11) is 0. The Balaban J connectivity index is 0.000000693. The zero-order chi connectivity index (χ0) is 15.7. The van der Waals surface area contributed by atoms with Gasteiger partial charge >= 0.3 is 0 Å². The molecule has 0 saturated carbocycles. The lowest BCUT2D eigenvalue weighted by Gasteiger charge is -1.98. The first-order valence-corrected chi connectivity index (χ1v) is 7.23. The van der Waals surface area contributed by atoms with Gasteiger partial charge in [0.25, 0.3) is 0 Å². The lowest BCUT2D eigenvalue weighted by molar-refractivity contribution is 0.639. The third-order valence-electron chi connectivity index (χ3n) is 3.12. The molecule has 0 aliphatic carbocycles. The van der Waals surface area contributed by atoms with Crippen LogP contribution in [0.1, 0.15) is 13.8 Å². The van der Waals surface area contributed by atoms with Gasteiger partial charge in [-0.05, 0) is 6.07 Å². The number of aromatic nitrogens is 5. The Morgan fingerprint density at radius 1 is 1.00 bits per heavy atom. The third-order valence-corrected chi connectivity index (χ3v) is 3.33. The number of rotatable bonds is 1. The van der Waals surface area contributed by atoms with Crippen LogP contribution in [0.2, 0.25) is 5.02 Å². The smallest absolute Gasteiger partial charge is 0.163 e. The summed E-state index contributed by atoms with van der Waals surface area (Å²) in [5, 5.41) is 1.72. The molecule has 0 saturated heterocycles. The van der Waals surface area contributed by atoms with E-state index in [2.05, 4.69) is 24.9 Å². The highest BCUT2D eigenvalue weighted by molar-refractivity contribution is 6.31. The normalized spacial score (nSPS) is 10.7. The lowest BCUT2D eigenvalue weighted by Crippen LogP contribution is -1.88. The van der Waals surface area contributed by atoms with Crippen LogP contribution in [0.25, 0.3) is 33.5 Å². The van der Waals surface area contributed by atoms with Gasteiger partial charge in [-0.3, -0.25) is 0 Å². The molecule has 0 atom stereocenters. The van der Waals surface area contributed by atoms with Gasteiger partial charge in [0.15, 0.2) is 11.6 Å². The number of halogens is 2. The van der Waals surface area contributed by atoms with Crippen LogP contribution in [-0.4, -0.2) is 24.9 Å². The molecule has 4 aromatic rings. The number of nitrogens with one attached hydrogen (secondary N) is 2. The van der Waals surface area contributed by atoms with Crippen molar-refractivity contribution >= 4 is 33.7 Å². The Kier molecular flexibility index (Phi) is 3.77. The summed E-state index contributed by atoms with van der Waals surface area (Å²) in [6.07, 6.45) is 6.04. The number of aromatic amines is 2. The van der Waals surface area contributed by atoms with Gasteiger partial charge in [0.2, 0.25) is 0 Å². The van der Waals surface area contributed by atoms with Gasteiger partial charge in [0, 0.05) is 35.7 Å². The molecule has 0 bridgehead atoms. The van der Waals surface area contributed by atoms with E-state index >= 15 is 0 Å². The van der Waals surface area contributed by atoms with E-state index in [1.165, 1.54) is 12.4 Å². The topological polar surface area (TPSA) is 70.2 Å². The van der Waals surface area contributed by atoms with Crippen molar-refractivity contribution < 1.29 is 4.39 Å². The zero-order valence-corrected chi connectivity index (χ0v) is 12.7. The molecule has 0 unspecified atom stereocenters. The summed E-state index contributed by atoms with van der Waals surface area (Å²) >= 11 is 5.96. The van der Waals surface area contributed by atoms with Gasteiger partial charge in [-0.1, -0.05) is 25.4 Å². The molecule has 0 radical (unpaired) electrons. The molecule has 0 aromatic carbocycles. The second-order valence-electron chi connectivity index (χ2n) is 4.34. The predicted octanol–water partition coefficient (Wildman–Crippen LogP) is 4.32. The van der Waals surface area contributed by atoms with Gasteiger partial charge in [-0.2, -0.15) is 0 Å². The summed E-state index contributed by atoms with van der Waals surface area (Å²) in [5.74, 6) is 0.116. The highest BCUT2D eigenvalue weighted by Crippen LogP contribution is 2.28. The second-order valence-corrected chi connectivity index (χ2v) is 4.78. The van der Waals surface area contributed by atoms with E-state index in [-0.39, 0.29) is 5.82 Å². The minimum absolute atomic E-state index is 0.366. The van der Waals surface area contributed by atoms with Crippen molar-refractivity contribution in [1.29, 1.82) is 0 Å². The maximum atomic E-state index is 13.4. The van der Waals surface area contributed by atoms with E-state index in [4.69, 9.17) is 11.6 Å². The summed E-state index contributed by atoms with van der Waals surface area (Å²) in [6.45, 7) is 4.00. The molecule has 4 aromatic heterocycles. The van der Waals surface area contributed by atoms with E-state index in [1.807, 2.05) is 13.8 Å². The van der Waals surface area contributed by atoms with Crippen LogP contribution in [0.4, 0.5) is 4.39 Å². The molecule has 0 spiro atoms. The highest BCUT2D eigenvalue weighted by atomic mass is 35.5. The fourth-order valence-electron chi connectivity index (χ4n) is 2.17. The Morgan fingerprint density at radius 2 is 1.77 bits per heavy atom. The first-order chi connectivity index (χ1) is 10.7. The molecule has 112 valence electrons. The number of pyridine rings is 1. The number of H-pyrrole nitrogens is 2. The number of fused-ring (bicyclic) bond motifs is 2. The van der Waals surface area contributed by atoms with Crippen LogP contribution >= 0.6 is 11.6 Å². The summed E-state index contributed by atoms with van der Waals surface area (Å²) in [6, 6.07) is 1.79. The Hall–Kier alpha value is -2.47. The largest absolute Gasteiger partial charge is 0.345 e. The Morgan fingerprint density at radius 3 is 2.59 bits per heavy atom. The van der Waals surface area contributed by atoms with Crippen molar-refractivity contribution in [1.82, 2.24) is 24.9 Å². The quantitative estimate of drug-likeness (QED) is 0.549. The van der Waals surface area contributed by atoms with Gasteiger partial charge in [-0.25, -0.2) is 19.3 Å². The van der Waals surface area contributed by atoms with E-state index in [1.54, 1.807) is 18.5 Å². The van der Waals surface area contributed by atoms with Gasteiger partial charge in [0.1, 0.15) is 11.3 Å². The molecule has 22 heavy (non-hydrogen) atoms. The van der Waals surface area contributed by atoms with Crippen LogP contribution in [0.3, 0.4) is 0 Å². The lowest BCUT2D eigenvalue weighted by atomic mass is 10.2. The fraction of sp³-hybridized carbons (Fsp3) is 0.133. The molecule has 0 fully saturated rings. The second kappa shape index (κ2) is 5.73. The number of nitrogens with zero attached hydrogens (tertiary/aromatic N) is 3. The van der Waals surface area contributed by atoms with Crippen LogP contribution < -0.4 is 0 Å². The van der Waals surface area contributed by atoms with Crippen LogP contribution in [0.5, 0.6) is 0 Å². The van der Waals surface area contributed by atoms with Crippen molar-refractivity contribution in [3.05, 3.63) is 41.7 Å². The van der Waals surface area contributed by atoms with Crippen molar-refractivity contribution in [3.63, 3.8) is 0 Å². The first kappa shape index (κ1) is 14.5. The molecule has 4 rings (SSSR count). The first-order valence-electron chi connectivity index (χ1n) is 6.85. The monoisotopic (exact) mass is 317 g/mol. The van der Waals surface area contributed by atoms with Crippen LogP contribution in [0, 0.1) is 5.82 Å². The minimum atomic E-state index is -0.366.